The van der Waals surface area contributed by atoms with Gasteiger partial charge < -0.3 is 0 Å². The molecule has 42 valence electrons. The van der Waals surface area contributed by atoms with Gasteiger partial charge >= 0.3 is 0 Å². The van der Waals surface area contributed by atoms with Crippen molar-refractivity contribution in [2.45, 2.75) is 0 Å². The highest BCUT2D eigenvalue weighted by atomic mass is 35.5. The smallest absolute Gasteiger partial charge is 0.122 e. The normalized spacial score (nSPS) is 8.57. The minimum atomic E-state index is 0.0941. The number of hydrogen-bond acceptors (Lipinski definition) is 1. The van der Waals surface area contributed by atoms with Gasteiger partial charge in [-0.15, -0.1) is 0 Å². The zero-order valence-corrected chi connectivity index (χ0v) is 6.45. The van der Waals surface area contributed by atoms with Crippen LogP contribution in [0.2, 0.25) is 0 Å². The topological polar surface area (TPSA) is 0 Å². The van der Waals surface area contributed by atoms with Crippen molar-refractivity contribution in [1.82, 2.24) is 0 Å². The lowest BCUT2D eigenvalue weighted by Crippen LogP contribution is -1.70. The Labute approximate surface area is 62.8 Å². The molecule has 0 nitrogen and oxygen atoms in total. The van der Waals surface area contributed by atoms with Gasteiger partial charge in [-0.25, -0.2) is 0 Å². The van der Waals surface area contributed by atoms with Crippen LogP contribution in [0, 0.1) is 0 Å². The fourth-order valence-corrected chi connectivity index (χ4v) is 0.538. The second-order valence-electron chi connectivity index (χ2n) is 0.823. The first-order chi connectivity index (χ1) is 3.18. The number of hydrogen-bond donors (Lipinski definition) is 1. The first-order valence-electron chi connectivity index (χ1n) is 1.49. The zero-order valence-electron chi connectivity index (χ0n) is 3.29. The van der Waals surface area contributed by atoms with Crippen LogP contribution in [-0.4, -0.2) is 5.75 Å². The minimum absolute atomic E-state index is 0.0941. The summed E-state index contributed by atoms with van der Waals surface area (Å²) in [6.07, 6.45) is 0. The molecule has 0 amide bonds. The summed E-state index contributed by atoms with van der Waals surface area (Å²) in [6, 6.07) is 0. The molecule has 0 aliphatic heterocycles. The fourth-order valence-electron chi connectivity index (χ4n) is 0.0598. The number of rotatable bonds is 1. The summed E-state index contributed by atoms with van der Waals surface area (Å²) in [5, 5.41) is 0.381. The Hall–Kier alpha value is 0.960. The quantitative estimate of drug-likeness (QED) is 0.585. The van der Waals surface area contributed by atoms with E-state index in [4.69, 9.17) is 34.8 Å². The van der Waals surface area contributed by atoms with Gasteiger partial charge in [0.05, 0.1) is 5.03 Å². The predicted octanol–water partition coefficient (Wildman–Crippen LogP) is 2.80. The van der Waals surface area contributed by atoms with Gasteiger partial charge in [0.1, 0.15) is 4.49 Å². The molecule has 0 aliphatic rings. The third-order valence-corrected chi connectivity index (χ3v) is 1.82. The lowest BCUT2D eigenvalue weighted by atomic mass is 10.7. The van der Waals surface area contributed by atoms with Gasteiger partial charge in [-0.2, -0.15) is 12.6 Å². The van der Waals surface area contributed by atoms with Gasteiger partial charge in [0, 0.05) is 5.75 Å². The summed E-state index contributed by atoms with van der Waals surface area (Å²) in [4.78, 5) is 0. The molecular weight excluding hydrogens is 174 g/mol. The van der Waals surface area contributed by atoms with Crippen molar-refractivity contribution in [3.8, 4) is 0 Å². The van der Waals surface area contributed by atoms with Gasteiger partial charge in [0.25, 0.3) is 0 Å². The van der Waals surface area contributed by atoms with Crippen LogP contribution in [0.15, 0.2) is 9.52 Å². The van der Waals surface area contributed by atoms with E-state index in [1.54, 1.807) is 0 Å². The summed E-state index contributed by atoms with van der Waals surface area (Å²) in [6.45, 7) is 0. The fraction of sp³-hybridized carbons (Fsp3) is 0.333. The molecule has 0 heterocycles. The predicted molar refractivity (Wildman–Crippen MR) is 38.4 cm³/mol. The molecule has 0 atom stereocenters. The molecule has 0 fully saturated rings. The van der Waals surface area contributed by atoms with E-state index in [0.717, 1.165) is 0 Å². The summed E-state index contributed by atoms with van der Waals surface area (Å²) in [5.74, 6) is 0.393. The Kier molecular flexibility index (Phi) is 4.44. The second kappa shape index (κ2) is 3.90. The molecule has 0 spiro atoms. The molecule has 7 heavy (non-hydrogen) atoms. The van der Waals surface area contributed by atoms with Crippen molar-refractivity contribution in [3.63, 3.8) is 0 Å². The van der Waals surface area contributed by atoms with Gasteiger partial charge in [-0.05, 0) is 0 Å². The molecule has 0 saturated heterocycles. The van der Waals surface area contributed by atoms with E-state index in [9.17, 15) is 0 Å². The molecule has 0 aromatic heterocycles. The maximum atomic E-state index is 5.34. The average Bonchev–Trinajstić information content (AvgIpc) is 1.65. The molecule has 0 bridgehead atoms. The molecule has 0 rings (SSSR count). The standard InChI is InChI=1S/C3H3Cl3S/c4-2(1-7)3(5)6/h7H,1H2. The van der Waals surface area contributed by atoms with Crippen molar-refractivity contribution in [2.24, 2.45) is 0 Å². The summed E-state index contributed by atoms with van der Waals surface area (Å²) in [7, 11) is 0. The van der Waals surface area contributed by atoms with Crippen molar-refractivity contribution >= 4 is 47.4 Å². The first-order valence-corrected chi connectivity index (χ1v) is 3.25. The molecule has 0 unspecified atom stereocenters. The van der Waals surface area contributed by atoms with E-state index < -0.39 is 0 Å². The molecular formula is C3H3Cl3S. The highest BCUT2D eigenvalue weighted by Crippen LogP contribution is 2.17. The zero-order chi connectivity index (χ0) is 5.86. The van der Waals surface area contributed by atoms with E-state index >= 15 is 0 Å². The van der Waals surface area contributed by atoms with E-state index in [1.165, 1.54) is 0 Å². The molecule has 0 saturated carbocycles. The minimum Gasteiger partial charge on any atom is -0.174 e. The number of halogens is 3. The summed E-state index contributed by atoms with van der Waals surface area (Å²) >= 11 is 19.5. The SMILES string of the molecule is SCC(Cl)=C(Cl)Cl. The Morgan fingerprint density at radius 2 is 1.71 bits per heavy atom. The van der Waals surface area contributed by atoms with Crippen LogP contribution in [0.3, 0.4) is 0 Å². The van der Waals surface area contributed by atoms with Crippen LogP contribution < -0.4 is 0 Å². The Balaban J connectivity index is 3.72. The van der Waals surface area contributed by atoms with Crippen molar-refractivity contribution in [2.75, 3.05) is 5.75 Å². The van der Waals surface area contributed by atoms with E-state index in [2.05, 4.69) is 12.6 Å². The van der Waals surface area contributed by atoms with Crippen molar-refractivity contribution in [1.29, 1.82) is 0 Å². The summed E-state index contributed by atoms with van der Waals surface area (Å²) < 4.78 is 0.0941. The summed E-state index contributed by atoms with van der Waals surface area (Å²) in [5.41, 5.74) is 0. The first kappa shape index (κ1) is 7.96. The molecule has 4 heteroatoms. The monoisotopic (exact) mass is 176 g/mol. The molecule has 0 aliphatic carbocycles. The molecule has 0 aromatic rings. The van der Waals surface area contributed by atoms with Crippen molar-refractivity contribution in [3.05, 3.63) is 9.52 Å². The average molecular weight is 177 g/mol. The lowest BCUT2D eigenvalue weighted by Gasteiger charge is -1.86. The molecule has 0 N–H and O–H groups in total. The Bertz CT molecular complexity index is 84.2. The van der Waals surface area contributed by atoms with Gasteiger partial charge in [-0.3, -0.25) is 0 Å². The van der Waals surface area contributed by atoms with Crippen LogP contribution >= 0.6 is 47.4 Å². The van der Waals surface area contributed by atoms with E-state index in [0.29, 0.717) is 10.8 Å². The van der Waals surface area contributed by atoms with E-state index in [-0.39, 0.29) is 4.49 Å². The van der Waals surface area contributed by atoms with Crippen LogP contribution in [-0.2, 0) is 0 Å². The number of thiol groups is 1. The maximum Gasteiger partial charge on any atom is 0.122 e. The Morgan fingerprint density at radius 1 is 1.29 bits per heavy atom. The third kappa shape index (κ3) is 3.53. The van der Waals surface area contributed by atoms with Crippen LogP contribution in [0.25, 0.3) is 0 Å². The largest absolute Gasteiger partial charge is 0.174 e. The third-order valence-electron chi connectivity index (χ3n) is 0.344. The highest BCUT2D eigenvalue weighted by molar-refractivity contribution is 7.80. The lowest BCUT2D eigenvalue weighted by molar-refractivity contribution is 1.72. The highest BCUT2D eigenvalue weighted by Gasteiger charge is 1.91. The van der Waals surface area contributed by atoms with Crippen LogP contribution in [0.4, 0.5) is 0 Å². The van der Waals surface area contributed by atoms with Crippen molar-refractivity contribution < 1.29 is 0 Å². The van der Waals surface area contributed by atoms with Gasteiger partial charge in [-0.1, -0.05) is 34.8 Å². The van der Waals surface area contributed by atoms with E-state index in [1.807, 2.05) is 0 Å². The molecule has 0 aromatic carbocycles. The van der Waals surface area contributed by atoms with Crippen LogP contribution in [0.5, 0.6) is 0 Å². The van der Waals surface area contributed by atoms with Gasteiger partial charge in [0.15, 0.2) is 0 Å². The van der Waals surface area contributed by atoms with Gasteiger partial charge in [0.2, 0.25) is 0 Å². The maximum absolute atomic E-state index is 5.34. The van der Waals surface area contributed by atoms with Crippen LogP contribution in [0.1, 0.15) is 0 Å². The Morgan fingerprint density at radius 3 is 1.71 bits per heavy atom. The molecule has 0 radical (unpaired) electrons. The second-order valence-corrected chi connectivity index (χ2v) is 2.55.